The normalized spacial score (nSPS) is 15.0. The second-order valence-corrected chi connectivity index (χ2v) is 9.58. The van der Waals surface area contributed by atoms with Gasteiger partial charge in [0.05, 0.1) is 0 Å². The van der Waals surface area contributed by atoms with Crippen molar-refractivity contribution in [3.05, 3.63) is 65.2 Å². The van der Waals surface area contributed by atoms with Crippen LogP contribution < -0.4 is 16.0 Å². The van der Waals surface area contributed by atoms with Crippen LogP contribution in [0.4, 0.5) is 10.5 Å². The van der Waals surface area contributed by atoms with Crippen molar-refractivity contribution in [3.63, 3.8) is 0 Å². The van der Waals surface area contributed by atoms with Crippen LogP contribution in [-0.2, 0) is 4.79 Å². The topological polar surface area (TPSA) is 90.5 Å². The van der Waals surface area contributed by atoms with E-state index in [1.807, 2.05) is 64.1 Å². The fourth-order valence-corrected chi connectivity index (χ4v) is 4.02. The highest BCUT2D eigenvalue weighted by molar-refractivity contribution is 5.97. The summed E-state index contributed by atoms with van der Waals surface area (Å²) in [5.41, 5.74) is 3.49. The Morgan fingerprint density at radius 1 is 0.912 bits per heavy atom. The summed E-state index contributed by atoms with van der Waals surface area (Å²) < 4.78 is 0. The first-order chi connectivity index (χ1) is 16.2. The number of nitrogens with one attached hydrogen (secondary N) is 3. The Balaban J connectivity index is 1.63. The second kappa shape index (κ2) is 11.7. The highest BCUT2D eigenvalue weighted by Gasteiger charge is 2.34. The van der Waals surface area contributed by atoms with Gasteiger partial charge in [0.25, 0.3) is 5.91 Å². The average molecular weight is 465 g/mol. The van der Waals surface area contributed by atoms with Crippen molar-refractivity contribution in [2.75, 3.05) is 25.0 Å². The Morgan fingerprint density at radius 2 is 1.47 bits per heavy atom. The maximum absolute atomic E-state index is 13.0. The number of aryl methyl sites for hydroxylation is 2. The summed E-state index contributed by atoms with van der Waals surface area (Å²) in [5.74, 6) is -0.171. The van der Waals surface area contributed by atoms with Crippen molar-refractivity contribution in [1.82, 2.24) is 15.5 Å². The summed E-state index contributed by atoms with van der Waals surface area (Å²) in [7, 11) is 0. The summed E-state index contributed by atoms with van der Waals surface area (Å²) in [6, 6.07) is 14.2. The maximum atomic E-state index is 13.0. The Bertz CT molecular complexity index is 978. The van der Waals surface area contributed by atoms with E-state index in [1.165, 1.54) is 0 Å². The number of piperidine rings is 1. The van der Waals surface area contributed by atoms with Crippen molar-refractivity contribution >= 4 is 23.5 Å². The predicted octanol–water partition coefficient (Wildman–Crippen LogP) is 4.12. The van der Waals surface area contributed by atoms with E-state index in [9.17, 15) is 14.4 Å². The molecule has 1 aliphatic rings. The molecule has 4 amide bonds. The predicted molar refractivity (Wildman–Crippen MR) is 135 cm³/mol. The zero-order valence-corrected chi connectivity index (χ0v) is 20.6. The molecule has 1 saturated heterocycles. The van der Waals surface area contributed by atoms with Crippen molar-refractivity contribution < 1.29 is 14.4 Å². The van der Waals surface area contributed by atoms with Crippen LogP contribution in [0.25, 0.3) is 0 Å². The lowest BCUT2D eigenvalue weighted by atomic mass is 9.88. The number of nitrogens with zero attached hydrogens (tertiary/aromatic N) is 1. The molecule has 0 aromatic heterocycles. The number of urea groups is 1. The van der Waals surface area contributed by atoms with Gasteiger partial charge in [0.2, 0.25) is 5.91 Å². The van der Waals surface area contributed by atoms with E-state index >= 15 is 0 Å². The Kier molecular flexibility index (Phi) is 8.68. The quantitative estimate of drug-likeness (QED) is 0.576. The van der Waals surface area contributed by atoms with Crippen LogP contribution in [0.5, 0.6) is 0 Å². The van der Waals surface area contributed by atoms with Gasteiger partial charge in [-0.2, -0.15) is 0 Å². The molecule has 7 heteroatoms. The van der Waals surface area contributed by atoms with Gasteiger partial charge in [0, 0.05) is 30.9 Å². The van der Waals surface area contributed by atoms with Gasteiger partial charge in [0.15, 0.2) is 0 Å². The highest BCUT2D eigenvalue weighted by Crippen LogP contribution is 2.23. The molecule has 0 bridgehead atoms. The van der Waals surface area contributed by atoms with Gasteiger partial charge in [-0.25, -0.2) is 4.79 Å². The maximum Gasteiger partial charge on any atom is 0.321 e. The van der Waals surface area contributed by atoms with E-state index in [0.717, 1.165) is 16.8 Å². The standard InChI is InChI=1S/C27H36N4O3/c1-18(2)17-28-26(33)24(30-25(32)22-9-5-19(3)6-10-22)21-13-15-31(16-14-21)27(34)29-23-11-7-20(4)8-12-23/h5-12,18,21,24H,13-17H2,1-4H3,(H,28,33)(H,29,34)(H,30,32)/t24-/m0/s1. The lowest BCUT2D eigenvalue weighted by Gasteiger charge is -2.36. The van der Waals surface area contributed by atoms with Crippen LogP contribution in [0.15, 0.2) is 48.5 Å². The van der Waals surface area contributed by atoms with E-state index < -0.39 is 6.04 Å². The summed E-state index contributed by atoms with van der Waals surface area (Å²) in [5, 5.41) is 8.87. The molecule has 0 radical (unpaired) electrons. The molecule has 3 rings (SSSR count). The van der Waals surface area contributed by atoms with E-state index in [4.69, 9.17) is 0 Å². The summed E-state index contributed by atoms with van der Waals surface area (Å²) >= 11 is 0. The van der Waals surface area contributed by atoms with Crippen molar-refractivity contribution in [3.8, 4) is 0 Å². The van der Waals surface area contributed by atoms with Gasteiger partial charge in [-0.05, 0) is 62.8 Å². The fraction of sp³-hybridized carbons (Fsp3) is 0.444. The zero-order chi connectivity index (χ0) is 24.7. The zero-order valence-electron chi connectivity index (χ0n) is 20.6. The molecule has 34 heavy (non-hydrogen) atoms. The molecule has 0 aliphatic carbocycles. The number of rotatable bonds is 7. The molecule has 3 N–H and O–H groups in total. The molecule has 0 saturated carbocycles. The van der Waals surface area contributed by atoms with E-state index in [2.05, 4.69) is 16.0 Å². The Morgan fingerprint density at radius 3 is 2.03 bits per heavy atom. The summed E-state index contributed by atoms with van der Waals surface area (Å²) in [6.07, 6.45) is 1.27. The van der Waals surface area contributed by atoms with Crippen LogP contribution in [0.2, 0.25) is 0 Å². The molecule has 1 heterocycles. The highest BCUT2D eigenvalue weighted by atomic mass is 16.2. The minimum Gasteiger partial charge on any atom is -0.354 e. The summed E-state index contributed by atoms with van der Waals surface area (Å²) in [4.78, 5) is 40.4. The molecule has 2 aromatic rings. The fourth-order valence-electron chi connectivity index (χ4n) is 4.02. The third kappa shape index (κ3) is 7.07. The smallest absolute Gasteiger partial charge is 0.321 e. The molecular formula is C27H36N4O3. The SMILES string of the molecule is Cc1ccc(NC(=O)N2CCC([C@H](NC(=O)c3ccc(C)cc3)C(=O)NCC(C)C)CC2)cc1. The average Bonchev–Trinajstić information content (AvgIpc) is 2.83. The number of benzene rings is 2. The molecule has 1 atom stereocenters. The van der Waals surface area contributed by atoms with E-state index in [1.54, 1.807) is 17.0 Å². The number of anilines is 1. The van der Waals surface area contributed by atoms with E-state index in [0.29, 0.717) is 44.0 Å². The first-order valence-electron chi connectivity index (χ1n) is 12.0. The molecular weight excluding hydrogens is 428 g/mol. The number of hydrogen-bond donors (Lipinski definition) is 3. The van der Waals surface area contributed by atoms with E-state index in [-0.39, 0.29) is 23.8 Å². The Labute approximate surface area is 202 Å². The molecule has 182 valence electrons. The number of amides is 4. The van der Waals surface area contributed by atoms with Gasteiger partial charge in [-0.3, -0.25) is 9.59 Å². The molecule has 0 unspecified atom stereocenters. The lowest BCUT2D eigenvalue weighted by molar-refractivity contribution is -0.124. The third-order valence-electron chi connectivity index (χ3n) is 6.17. The van der Waals surface area contributed by atoms with Crippen LogP contribution in [0.1, 0.15) is 48.2 Å². The van der Waals surface area contributed by atoms with Crippen LogP contribution in [0.3, 0.4) is 0 Å². The van der Waals surface area contributed by atoms with Gasteiger partial charge < -0.3 is 20.9 Å². The first-order valence-corrected chi connectivity index (χ1v) is 12.0. The van der Waals surface area contributed by atoms with Crippen molar-refractivity contribution in [1.29, 1.82) is 0 Å². The Hall–Kier alpha value is -3.35. The number of carbonyl (C=O) groups excluding carboxylic acids is 3. The number of hydrogen-bond acceptors (Lipinski definition) is 3. The molecule has 1 aliphatic heterocycles. The van der Waals surface area contributed by atoms with Gasteiger partial charge >= 0.3 is 6.03 Å². The molecule has 7 nitrogen and oxygen atoms in total. The van der Waals surface area contributed by atoms with Crippen molar-refractivity contribution in [2.45, 2.75) is 46.6 Å². The van der Waals surface area contributed by atoms with Gasteiger partial charge in [0.1, 0.15) is 6.04 Å². The van der Waals surface area contributed by atoms with Gasteiger partial charge in [-0.1, -0.05) is 49.2 Å². The van der Waals surface area contributed by atoms with Crippen LogP contribution in [0, 0.1) is 25.7 Å². The summed E-state index contributed by atoms with van der Waals surface area (Å²) in [6.45, 7) is 9.63. The second-order valence-electron chi connectivity index (χ2n) is 9.58. The monoisotopic (exact) mass is 464 g/mol. The van der Waals surface area contributed by atoms with Crippen molar-refractivity contribution in [2.24, 2.45) is 11.8 Å². The molecule has 0 spiro atoms. The first kappa shape index (κ1) is 25.3. The largest absolute Gasteiger partial charge is 0.354 e. The van der Waals surface area contributed by atoms with Crippen LogP contribution in [-0.4, -0.2) is 48.4 Å². The number of likely N-dealkylation sites (tertiary alicyclic amines) is 1. The van der Waals surface area contributed by atoms with Crippen LogP contribution >= 0.6 is 0 Å². The minimum atomic E-state index is -0.644. The molecule has 2 aromatic carbocycles. The molecule has 1 fully saturated rings. The van der Waals surface area contributed by atoms with Gasteiger partial charge in [-0.15, -0.1) is 0 Å². The third-order valence-corrected chi connectivity index (χ3v) is 6.17. The number of carbonyl (C=O) groups is 3. The lowest BCUT2D eigenvalue weighted by Crippen LogP contribution is -2.54. The minimum absolute atomic E-state index is 0.0509.